The first-order valence-corrected chi connectivity index (χ1v) is 11.4. The third-order valence-electron chi connectivity index (χ3n) is 6.32. The summed E-state index contributed by atoms with van der Waals surface area (Å²) in [5.74, 6) is 1.31. The van der Waals surface area contributed by atoms with Crippen molar-refractivity contribution in [3.05, 3.63) is 102 Å². The van der Waals surface area contributed by atoms with Gasteiger partial charge >= 0.3 is 0 Å². The van der Waals surface area contributed by atoms with Crippen LogP contribution in [0.15, 0.2) is 91.3 Å². The number of nitrogens with zero attached hydrogens (tertiary/aromatic N) is 4. The zero-order chi connectivity index (χ0) is 22.0. The molecule has 0 amide bonds. The molecule has 6 rings (SSSR count). The van der Waals surface area contributed by atoms with E-state index >= 15 is 0 Å². The van der Waals surface area contributed by atoms with Crippen molar-refractivity contribution in [2.75, 3.05) is 26.3 Å². The van der Waals surface area contributed by atoms with Crippen molar-refractivity contribution in [2.45, 2.75) is 12.3 Å². The van der Waals surface area contributed by atoms with Crippen LogP contribution >= 0.6 is 0 Å². The lowest BCUT2D eigenvalue weighted by Crippen LogP contribution is -2.50. The smallest absolute Gasteiger partial charge is 0.174 e. The Kier molecular flexibility index (Phi) is 5.38. The Labute approximate surface area is 193 Å². The third kappa shape index (κ3) is 4.27. The van der Waals surface area contributed by atoms with Gasteiger partial charge in [0.2, 0.25) is 0 Å². The van der Waals surface area contributed by atoms with Gasteiger partial charge in [0.25, 0.3) is 0 Å². The number of likely N-dealkylation sites (tertiary alicyclic amines) is 1. The summed E-state index contributed by atoms with van der Waals surface area (Å²) in [4.78, 5) is 7.11. The zero-order valence-corrected chi connectivity index (χ0v) is 18.3. The van der Waals surface area contributed by atoms with E-state index in [0.717, 1.165) is 30.2 Å². The molecule has 0 radical (unpaired) electrons. The molecular formula is C27H26N4O2. The third-order valence-corrected chi connectivity index (χ3v) is 6.32. The quantitative estimate of drug-likeness (QED) is 0.377. The number of hydrogen-bond acceptors (Lipinski definition) is 5. The first-order valence-electron chi connectivity index (χ1n) is 11.4. The van der Waals surface area contributed by atoms with E-state index in [1.807, 2.05) is 22.9 Å². The predicted molar refractivity (Wildman–Crippen MR) is 126 cm³/mol. The van der Waals surface area contributed by atoms with Gasteiger partial charge in [0.05, 0.1) is 36.8 Å². The number of aromatic nitrogens is 3. The molecule has 0 spiro atoms. The van der Waals surface area contributed by atoms with E-state index in [1.54, 1.807) is 12.4 Å². The highest BCUT2D eigenvalue weighted by molar-refractivity contribution is 5.55. The second kappa shape index (κ2) is 8.81. The molecule has 0 N–H and O–H groups in total. The van der Waals surface area contributed by atoms with E-state index in [-0.39, 0.29) is 12.3 Å². The summed E-state index contributed by atoms with van der Waals surface area (Å²) in [5, 5.41) is 4.34. The lowest BCUT2D eigenvalue weighted by Gasteiger charge is -2.44. The normalized spacial score (nSPS) is 18.3. The van der Waals surface area contributed by atoms with Crippen molar-refractivity contribution < 1.29 is 9.47 Å². The van der Waals surface area contributed by atoms with Gasteiger partial charge in [-0.05, 0) is 29.3 Å². The molecule has 6 nitrogen and oxygen atoms in total. The monoisotopic (exact) mass is 438 g/mol. The molecule has 2 aliphatic rings. The fourth-order valence-corrected chi connectivity index (χ4v) is 4.57. The Bertz CT molecular complexity index is 1140. The molecule has 1 unspecified atom stereocenters. The molecule has 0 saturated carbocycles. The molecule has 1 atom stereocenters. The Morgan fingerprint density at radius 1 is 0.909 bits per heavy atom. The highest BCUT2D eigenvalue weighted by Gasteiger charge is 2.34. The minimum atomic E-state index is 0.0462. The van der Waals surface area contributed by atoms with E-state index in [2.05, 4.69) is 75.6 Å². The van der Waals surface area contributed by atoms with E-state index in [9.17, 15) is 0 Å². The summed E-state index contributed by atoms with van der Waals surface area (Å²) in [6.07, 6.45) is 3.63. The van der Waals surface area contributed by atoms with Gasteiger partial charge in [-0.15, -0.1) is 0 Å². The molecule has 2 aromatic heterocycles. The predicted octanol–water partition coefficient (Wildman–Crippen LogP) is 4.57. The highest BCUT2D eigenvalue weighted by Crippen LogP contribution is 2.34. The SMILES string of the molecule is c1ccc(C(c2ccccc2)N2CC(COc3ccc(-c4ccnn4C4CO4)nc3)C2)cc1. The van der Waals surface area contributed by atoms with Crippen molar-refractivity contribution >= 4 is 0 Å². The van der Waals surface area contributed by atoms with Gasteiger partial charge in [0.15, 0.2) is 6.23 Å². The van der Waals surface area contributed by atoms with E-state index in [1.165, 1.54) is 11.1 Å². The number of benzene rings is 2. The molecule has 0 aliphatic carbocycles. The van der Waals surface area contributed by atoms with Crippen LogP contribution in [0.5, 0.6) is 5.75 Å². The number of epoxide rings is 1. The highest BCUT2D eigenvalue weighted by atomic mass is 16.6. The van der Waals surface area contributed by atoms with E-state index in [0.29, 0.717) is 19.1 Å². The fraction of sp³-hybridized carbons (Fsp3) is 0.259. The number of rotatable bonds is 8. The summed E-state index contributed by atoms with van der Waals surface area (Å²) < 4.78 is 13.3. The average molecular weight is 439 g/mol. The zero-order valence-electron chi connectivity index (χ0n) is 18.3. The number of hydrogen-bond donors (Lipinski definition) is 0. The lowest BCUT2D eigenvalue weighted by molar-refractivity contribution is 0.0378. The van der Waals surface area contributed by atoms with Crippen LogP contribution in [-0.2, 0) is 4.74 Å². The van der Waals surface area contributed by atoms with Gasteiger partial charge in [0, 0.05) is 25.2 Å². The number of pyridine rings is 1. The lowest BCUT2D eigenvalue weighted by atomic mass is 9.90. The molecule has 2 fully saturated rings. The first-order chi connectivity index (χ1) is 16.3. The summed E-state index contributed by atoms with van der Waals surface area (Å²) >= 11 is 0. The maximum atomic E-state index is 6.08. The van der Waals surface area contributed by atoms with Crippen LogP contribution in [0.4, 0.5) is 0 Å². The average Bonchev–Trinajstić information content (AvgIpc) is 3.58. The van der Waals surface area contributed by atoms with Crippen molar-refractivity contribution in [3.8, 4) is 17.1 Å². The van der Waals surface area contributed by atoms with Gasteiger partial charge < -0.3 is 9.47 Å². The first kappa shape index (κ1) is 20.1. The van der Waals surface area contributed by atoms with Crippen molar-refractivity contribution in [1.29, 1.82) is 0 Å². The van der Waals surface area contributed by atoms with Crippen molar-refractivity contribution in [1.82, 2.24) is 19.7 Å². The molecule has 2 aromatic carbocycles. The van der Waals surface area contributed by atoms with E-state index in [4.69, 9.17) is 9.47 Å². The van der Waals surface area contributed by atoms with Crippen LogP contribution in [-0.4, -0.2) is 46.0 Å². The topological polar surface area (TPSA) is 55.7 Å². The second-order valence-electron chi connectivity index (χ2n) is 8.68. The molecule has 4 heterocycles. The Balaban J connectivity index is 1.07. The molecular weight excluding hydrogens is 412 g/mol. The standard InChI is InChI=1S/C27H26N4O2/c1-3-7-21(8-4-1)27(22-9-5-2-6-10-22)30-16-20(17-30)18-32-23-11-12-24(28-15-23)25-13-14-29-31(25)26-19-33-26/h1-15,20,26-27H,16-19H2. The Morgan fingerprint density at radius 3 is 2.21 bits per heavy atom. The summed E-state index contributed by atoms with van der Waals surface area (Å²) in [6.45, 7) is 3.44. The molecule has 0 bridgehead atoms. The van der Waals surface area contributed by atoms with Crippen LogP contribution in [0.3, 0.4) is 0 Å². The minimum Gasteiger partial charge on any atom is -0.492 e. The van der Waals surface area contributed by atoms with Crippen LogP contribution < -0.4 is 4.74 Å². The van der Waals surface area contributed by atoms with Crippen LogP contribution in [0.2, 0.25) is 0 Å². The molecule has 4 aromatic rings. The van der Waals surface area contributed by atoms with Crippen molar-refractivity contribution in [2.24, 2.45) is 5.92 Å². The van der Waals surface area contributed by atoms with Gasteiger partial charge in [0.1, 0.15) is 5.75 Å². The van der Waals surface area contributed by atoms with Crippen LogP contribution in [0.1, 0.15) is 23.4 Å². The van der Waals surface area contributed by atoms with E-state index < -0.39 is 0 Å². The van der Waals surface area contributed by atoms with Gasteiger partial charge in [-0.2, -0.15) is 5.10 Å². The summed E-state index contributed by atoms with van der Waals surface area (Å²) in [5.41, 5.74) is 4.50. The van der Waals surface area contributed by atoms with Gasteiger partial charge in [-0.3, -0.25) is 9.88 Å². The summed E-state index contributed by atoms with van der Waals surface area (Å²) in [7, 11) is 0. The Hall–Kier alpha value is -3.48. The number of ether oxygens (including phenoxy) is 2. The van der Waals surface area contributed by atoms with Gasteiger partial charge in [-0.1, -0.05) is 60.7 Å². The maximum absolute atomic E-state index is 6.08. The molecule has 6 heteroatoms. The molecule has 166 valence electrons. The van der Waals surface area contributed by atoms with Crippen LogP contribution in [0, 0.1) is 5.92 Å². The van der Waals surface area contributed by atoms with Crippen molar-refractivity contribution in [3.63, 3.8) is 0 Å². The molecule has 33 heavy (non-hydrogen) atoms. The molecule has 2 aliphatic heterocycles. The molecule has 2 saturated heterocycles. The largest absolute Gasteiger partial charge is 0.492 e. The van der Waals surface area contributed by atoms with Crippen LogP contribution in [0.25, 0.3) is 11.4 Å². The minimum absolute atomic E-state index is 0.0462. The Morgan fingerprint density at radius 2 is 1.61 bits per heavy atom. The fourth-order valence-electron chi connectivity index (χ4n) is 4.57. The summed E-state index contributed by atoms with van der Waals surface area (Å²) in [6, 6.07) is 27.7. The van der Waals surface area contributed by atoms with Gasteiger partial charge in [-0.25, -0.2) is 4.68 Å². The second-order valence-corrected chi connectivity index (χ2v) is 8.68. The maximum Gasteiger partial charge on any atom is 0.174 e.